The van der Waals surface area contributed by atoms with Gasteiger partial charge >= 0.3 is 0 Å². The van der Waals surface area contributed by atoms with Crippen LogP contribution in [0.4, 0.5) is 0 Å². The van der Waals surface area contributed by atoms with E-state index in [4.69, 9.17) is 0 Å². The molecule has 0 fully saturated rings. The van der Waals surface area contributed by atoms with Gasteiger partial charge in [0.1, 0.15) is 0 Å². The molecular weight excluding hydrogens is 146 g/mol. The minimum absolute atomic E-state index is 0.729. The van der Waals surface area contributed by atoms with E-state index in [0.717, 1.165) is 11.8 Å². The van der Waals surface area contributed by atoms with E-state index in [0.29, 0.717) is 0 Å². The fourth-order valence-corrected chi connectivity index (χ4v) is 1.45. The molecule has 0 aromatic heterocycles. The number of hydrogen-bond donors (Lipinski definition) is 0. The van der Waals surface area contributed by atoms with Gasteiger partial charge in [0.05, 0.1) is 0 Å². The SMILES string of the molecule is CC(C)C1C=C(N(C)C)C=CC1. The van der Waals surface area contributed by atoms with Crippen LogP contribution in [-0.4, -0.2) is 19.0 Å². The summed E-state index contributed by atoms with van der Waals surface area (Å²) in [6.45, 7) is 4.57. The first-order chi connectivity index (χ1) is 5.61. The van der Waals surface area contributed by atoms with Gasteiger partial charge in [0.25, 0.3) is 0 Å². The first-order valence-electron chi connectivity index (χ1n) is 4.67. The highest BCUT2D eigenvalue weighted by Gasteiger charge is 2.13. The van der Waals surface area contributed by atoms with E-state index in [9.17, 15) is 0 Å². The molecule has 1 aliphatic carbocycles. The fourth-order valence-electron chi connectivity index (χ4n) is 1.45. The van der Waals surface area contributed by atoms with Crippen molar-refractivity contribution in [1.82, 2.24) is 4.90 Å². The summed E-state index contributed by atoms with van der Waals surface area (Å²) in [7, 11) is 4.19. The molecule has 0 saturated carbocycles. The van der Waals surface area contributed by atoms with Crippen LogP contribution in [0.3, 0.4) is 0 Å². The van der Waals surface area contributed by atoms with E-state index in [1.807, 2.05) is 0 Å². The zero-order chi connectivity index (χ0) is 9.14. The second-order valence-electron chi connectivity index (χ2n) is 4.03. The molecule has 0 amide bonds. The zero-order valence-corrected chi connectivity index (χ0v) is 8.54. The quantitative estimate of drug-likeness (QED) is 0.608. The summed E-state index contributed by atoms with van der Waals surface area (Å²) < 4.78 is 0. The van der Waals surface area contributed by atoms with Crippen molar-refractivity contribution < 1.29 is 0 Å². The third kappa shape index (κ3) is 2.13. The van der Waals surface area contributed by atoms with Crippen molar-refractivity contribution in [1.29, 1.82) is 0 Å². The van der Waals surface area contributed by atoms with Gasteiger partial charge in [-0.15, -0.1) is 0 Å². The number of hydrogen-bond acceptors (Lipinski definition) is 1. The van der Waals surface area contributed by atoms with E-state index in [2.05, 4.69) is 51.1 Å². The Morgan fingerprint density at radius 2 is 2.08 bits per heavy atom. The summed E-state index contributed by atoms with van der Waals surface area (Å²) in [5, 5.41) is 0. The Bertz CT molecular complexity index is 199. The second-order valence-corrected chi connectivity index (χ2v) is 4.03. The van der Waals surface area contributed by atoms with Crippen molar-refractivity contribution in [3.8, 4) is 0 Å². The molecule has 0 aliphatic heterocycles. The number of likely N-dealkylation sites (N-methyl/N-ethyl adjacent to an activating group) is 1. The van der Waals surface area contributed by atoms with Crippen molar-refractivity contribution in [2.75, 3.05) is 14.1 Å². The number of allylic oxidation sites excluding steroid dienone is 3. The smallest absolute Gasteiger partial charge is 0.0320 e. The fraction of sp³-hybridized carbons (Fsp3) is 0.636. The molecule has 1 nitrogen and oxygen atoms in total. The highest BCUT2D eigenvalue weighted by molar-refractivity contribution is 5.22. The van der Waals surface area contributed by atoms with E-state index >= 15 is 0 Å². The van der Waals surface area contributed by atoms with Gasteiger partial charge in [-0.05, 0) is 24.3 Å². The molecule has 1 aliphatic rings. The molecule has 0 bridgehead atoms. The van der Waals surface area contributed by atoms with Crippen LogP contribution < -0.4 is 0 Å². The van der Waals surface area contributed by atoms with Gasteiger partial charge in [-0.3, -0.25) is 0 Å². The van der Waals surface area contributed by atoms with Crippen LogP contribution in [0.2, 0.25) is 0 Å². The average molecular weight is 165 g/mol. The van der Waals surface area contributed by atoms with Gasteiger partial charge in [-0.1, -0.05) is 26.0 Å². The van der Waals surface area contributed by atoms with Crippen LogP contribution in [-0.2, 0) is 0 Å². The van der Waals surface area contributed by atoms with Crippen molar-refractivity contribution in [3.05, 3.63) is 23.9 Å². The molecular formula is C11H19N. The Labute approximate surface area is 75.8 Å². The zero-order valence-electron chi connectivity index (χ0n) is 8.54. The monoisotopic (exact) mass is 165 g/mol. The summed E-state index contributed by atoms with van der Waals surface area (Å²) in [5.41, 5.74) is 1.35. The van der Waals surface area contributed by atoms with E-state index in [1.165, 1.54) is 12.1 Å². The van der Waals surface area contributed by atoms with Gasteiger partial charge in [-0.25, -0.2) is 0 Å². The molecule has 12 heavy (non-hydrogen) atoms. The lowest BCUT2D eigenvalue weighted by Gasteiger charge is -2.23. The van der Waals surface area contributed by atoms with Crippen LogP contribution >= 0.6 is 0 Å². The van der Waals surface area contributed by atoms with Crippen molar-refractivity contribution in [2.24, 2.45) is 11.8 Å². The molecule has 0 radical (unpaired) electrons. The van der Waals surface area contributed by atoms with Gasteiger partial charge in [-0.2, -0.15) is 0 Å². The molecule has 1 rings (SSSR count). The van der Waals surface area contributed by atoms with Crippen LogP contribution in [0.5, 0.6) is 0 Å². The second kappa shape index (κ2) is 3.79. The molecule has 0 N–H and O–H groups in total. The molecule has 1 heteroatoms. The lowest BCUT2D eigenvalue weighted by molar-refractivity contribution is 0.441. The predicted molar refractivity (Wildman–Crippen MR) is 53.9 cm³/mol. The first-order valence-corrected chi connectivity index (χ1v) is 4.67. The van der Waals surface area contributed by atoms with Gasteiger partial charge in [0, 0.05) is 19.8 Å². The topological polar surface area (TPSA) is 3.24 Å². The summed E-state index contributed by atoms with van der Waals surface area (Å²) in [5.74, 6) is 1.48. The lowest BCUT2D eigenvalue weighted by Crippen LogP contribution is -2.15. The van der Waals surface area contributed by atoms with Gasteiger partial charge in [0.15, 0.2) is 0 Å². The highest BCUT2D eigenvalue weighted by atomic mass is 15.1. The Morgan fingerprint density at radius 3 is 2.58 bits per heavy atom. The predicted octanol–water partition coefficient (Wildman–Crippen LogP) is 2.66. The number of rotatable bonds is 2. The summed E-state index contributed by atoms with van der Waals surface area (Å²) in [6, 6.07) is 0. The molecule has 0 aromatic rings. The van der Waals surface area contributed by atoms with Crippen molar-refractivity contribution in [3.63, 3.8) is 0 Å². The summed E-state index contributed by atoms with van der Waals surface area (Å²) in [6.07, 6.45) is 8.07. The highest BCUT2D eigenvalue weighted by Crippen LogP contribution is 2.24. The summed E-state index contributed by atoms with van der Waals surface area (Å²) >= 11 is 0. The Kier molecular flexibility index (Phi) is 2.96. The maximum atomic E-state index is 2.38. The van der Waals surface area contributed by atoms with Gasteiger partial charge in [0.2, 0.25) is 0 Å². The van der Waals surface area contributed by atoms with Crippen LogP contribution in [0.15, 0.2) is 23.9 Å². The van der Waals surface area contributed by atoms with Crippen LogP contribution in [0, 0.1) is 11.8 Å². The third-order valence-electron chi connectivity index (χ3n) is 2.45. The van der Waals surface area contributed by atoms with Crippen LogP contribution in [0.1, 0.15) is 20.3 Å². The largest absolute Gasteiger partial charge is 0.378 e. The molecule has 0 saturated heterocycles. The summed E-state index contributed by atoms with van der Waals surface area (Å²) in [4.78, 5) is 2.17. The van der Waals surface area contributed by atoms with Gasteiger partial charge < -0.3 is 4.90 Å². The van der Waals surface area contributed by atoms with E-state index < -0.39 is 0 Å². The molecule has 1 unspecified atom stereocenters. The maximum Gasteiger partial charge on any atom is 0.0320 e. The Balaban J connectivity index is 2.69. The van der Waals surface area contributed by atoms with Crippen LogP contribution in [0.25, 0.3) is 0 Å². The molecule has 0 spiro atoms. The van der Waals surface area contributed by atoms with Crippen molar-refractivity contribution >= 4 is 0 Å². The average Bonchev–Trinajstić information content (AvgIpc) is 2.04. The number of nitrogens with zero attached hydrogens (tertiary/aromatic N) is 1. The third-order valence-corrected chi connectivity index (χ3v) is 2.45. The molecule has 1 atom stereocenters. The Hall–Kier alpha value is -0.720. The maximum absolute atomic E-state index is 2.38. The molecule has 0 heterocycles. The normalized spacial score (nSPS) is 22.8. The van der Waals surface area contributed by atoms with E-state index in [1.54, 1.807) is 0 Å². The molecule has 68 valence electrons. The van der Waals surface area contributed by atoms with E-state index in [-0.39, 0.29) is 0 Å². The molecule has 0 aromatic carbocycles. The van der Waals surface area contributed by atoms with Crippen molar-refractivity contribution in [2.45, 2.75) is 20.3 Å². The first kappa shape index (κ1) is 9.37. The minimum Gasteiger partial charge on any atom is -0.378 e. The minimum atomic E-state index is 0.729. The Morgan fingerprint density at radius 1 is 1.42 bits per heavy atom. The lowest BCUT2D eigenvalue weighted by atomic mass is 9.88. The standard InChI is InChI=1S/C11H19N/c1-9(2)10-6-5-7-11(8-10)12(3)4/h5,7-10H,6H2,1-4H3.